The molecule has 20 heavy (non-hydrogen) atoms. The van der Waals surface area contributed by atoms with E-state index in [-0.39, 0.29) is 5.91 Å². The van der Waals surface area contributed by atoms with Crippen molar-refractivity contribution in [1.82, 2.24) is 4.90 Å². The molecule has 1 aromatic carbocycles. The van der Waals surface area contributed by atoms with Gasteiger partial charge in [-0.15, -0.1) is 0 Å². The maximum atomic E-state index is 12.0. The number of carbonyl (C=O) groups is 1. The smallest absolute Gasteiger partial charge is 0.256 e. The topological polar surface area (TPSA) is 42.7 Å². The highest BCUT2D eigenvalue weighted by Gasteiger charge is 2.12. The number of amides is 1. The normalized spacial score (nSPS) is 10.3. The Kier molecular flexibility index (Phi) is 4.45. The summed E-state index contributed by atoms with van der Waals surface area (Å²) in [5, 5.41) is 0. The molecule has 0 aliphatic rings. The lowest BCUT2D eigenvalue weighted by Crippen LogP contribution is -2.30. The first kappa shape index (κ1) is 14.2. The third-order valence-corrected chi connectivity index (χ3v) is 3.01. The molecule has 1 amide bonds. The quantitative estimate of drug-likeness (QED) is 0.841. The van der Waals surface area contributed by atoms with Crippen molar-refractivity contribution in [2.45, 2.75) is 13.8 Å². The Labute approximate surface area is 119 Å². The molecule has 4 heteroatoms. The van der Waals surface area contributed by atoms with Gasteiger partial charge in [-0.05, 0) is 43.2 Å². The number of benzene rings is 1. The Morgan fingerprint density at radius 2 is 1.95 bits per heavy atom. The molecule has 0 unspecified atom stereocenters. The Balaban J connectivity index is 1.85. The van der Waals surface area contributed by atoms with Crippen LogP contribution in [0.4, 0.5) is 0 Å². The summed E-state index contributed by atoms with van der Waals surface area (Å²) < 4.78 is 10.6. The van der Waals surface area contributed by atoms with Crippen LogP contribution in [0.3, 0.4) is 0 Å². The van der Waals surface area contributed by atoms with Gasteiger partial charge in [-0.2, -0.15) is 0 Å². The average Bonchev–Trinajstić information content (AvgIpc) is 2.90. The minimum absolute atomic E-state index is 0.0669. The SMILES string of the molecule is Cc1cc(C)cc(OCCN(C)C(=O)c2ccoc2)c1. The van der Waals surface area contributed by atoms with Crippen molar-refractivity contribution in [3.05, 3.63) is 53.5 Å². The number of rotatable bonds is 5. The van der Waals surface area contributed by atoms with E-state index in [4.69, 9.17) is 9.15 Å². The second kappa shape index (κ2) is 6.28. The fraction of sp³-hybridized carbons (Fsp3) is 0.312. The van der Waals surface area contributed by atoms with Crippen LogP contribution >= 0.6 is 0 Å². The summed E-state index contributed by atoms with van der Waals surface area (Å²) in [6.45, 7) is 5.06. The van der Waals surface area contributed by atoms with Crippen LogP contribution in [0.2, 0.25) is 0 Å². The lowest BCUT2D eigenvalue weighted by molar-refractivity contribution is 0.0773. The van der Waals surface area contributed by atoms with E-state index >= 15 is 0 Å². The number of ether oxygens (including phenoxy) is 1. The van der Waals surface area contributed by atoms with E-state index in [1.165, 1.54) is 23.7 Å². The molecule has 1 aromatic heterocycles. The zero-order valence-electron chi connectivity index (χ0n) is 12.1. The molecular formula is C16H19NO3. The van der Waals surface area contributed by atoms with Crippen molar-refractivity contribution in [3.8, 4) is 5.75 Å². The molecule has 0 fully saturated rings. The summed E-state index contributed by atoms with van der Waals surface area (Å²) in [5.41, 5.74) is 2.89. The molecule has 0 aliphatic heterocycles. The van der Waals surface area contributed by atoms with E-state index in [2.05, 4.69) is 6.07 Å². The minimum Gasteiger partial charge on any atom is -0.492 e. The Morgan fingerprint density at radius 3 is 2.55 bits per heavy atom. The van der Waals surface area contributed by atoms with Gasteiger partial charge in [0.1, 0.15) is 18.6 Å². The molecule has 0 aliphatic carbocycles. The van der Waals surface area contributed by atoms with Crippen LogP contribution in [0, 0.1) is 13.8 Å². The van der Waals surface area contributed by atoms with Crippen molar-refractivity contribution < 1.29 is 13.9 Å². The number of likely N-dealkylation sites (N-methyl/N-ethyl adjacent to an activating group) is 1. The average molecular weight is 273 g/mol. The summed E-state index contributed by atoms with van der Waals surface area (Å²) in [6.07, 6.45) is 2.94. The highest BCUT2D eigenvalue weighted by atomic mass is 16.5. The summed E-state index contributed by atoms with van der Waals surface area (Å²) in [7, 11) is 1.75. The summed E-state index contributed by atoms with van der Waals surface area (Å²) in [5.74, 6) is 0.773. The van der Waals surface area contributed by atoms with E-state index in [1.807, 2.05) is 26.0 Å². The Hall–Kier alpha value is -2.23. The maximum Gasteiger partial charge on any atom is 0.256 e. The van der Waals surface area contributed by atoms with E-state index in [0.29, 0.717) is 18.7 Å². The van der Waals surface area contributed by atoms with Crippen molar-refractivity contribution in [3.63, 3.8) is 0 Å². The fourth-order valence-electron chi connectivity index (χ4n) is 2.02. The molecule has 0 N–H and O–H groups in total. The number of hydrogen-bond donors (Lipinski definition) is 0. The largest absolute Gasteiger partial charge is 0.492 e. The summed E-state index contributed by atoms with van der Waals surface area (Å²) >= 11 is 0. The first-order valence-electron chi connectivity index (χ1n) is 6.55. The maximum absolute atomic E-state index is 12.0. The molecule has 2 rings (SSSR count). The zero-order chi connectivity index (χ0) is 14.5. The van der Waals surface area contributed by atoms with Crippen molar-refractivity contribution >= 4 is 5.91 Å². The third-order valence-electron chi connectivity index (χ3n) is 3.01. The summed E-state index contributed by atoms with van der Waals surface area (Å²) in [4.78, 5) is 13.6. The Bertz CT molecular complexity index is 555. The predicted octanol–water partition coefficient (Wildman–Crippen LogP) is 3.05. The van der Waals surface area contributed by atoms with Crippen LogP contribution in [0.5, 0.6) is 5.75 Å². The monoisotopic (exact) mass is 273 g/mol. The molecule has 1 heterocycles. The van der Waals surface area contributed by atoms with Gasteiger partial charge < -0.3 is 14.1 Å². The lowest BCUT2D eigenvalue weighted by atomic mass is 10.1. The van der Waals surface area contributed by atoms with Crippen LogP contribution in [-0.4, -0.2) is 31.0 Å². The standard InChI is InChI=1S/C16H19NO3/c1-12-8-13(2)10-15(9-12)20-7-5-17(3)16(18)14-4-6-19-11-14/h4,6,8-11H,5,7H2,1-3H3. The van der Waals surface area contributed by atoms with Gasteiger partial charge in [0.25, 0.3) is 5.91 Å². The molecule has 0 spiro atoms. The number of nitrogens with zero attached hydrogens (tertiary/aromatic N) is 1. The molecule has 2 aromatic rings. The Morgan fingerprint density at radius 1 is 1.25 bits per heavy atom. The van der Waals surface area contributed by atoms with Crippen molar-refractivity contribution in [2.24, 2.45) is 0 Å². The predicted molar refractivity (Wildman–Crippen MR) is 77.1 cm³/mol. The minimum atomic E-state index is -0.0669. The molecule has 0 radical (unpaired) electrons. The lowest BCUT2D eigenvalue weighted by Gasteiger charge is -2.17. The number of furan rings is 1. The number of aryl methyl sites for hydroxylation is 2. The van der Waals surface area contributed by atoms with E-state index in [9.17, 15) is 4.79 Å². The number of hydrogen-bond acceptors (Lipinski definition) is 3. The molecule has 4 nitrogen and oxygen atoms in total. The second-order valence-electron chi connectivity index (χ2n) is 4.91. The highest BCUT2D eigenvalue weighted by Crippen LogP contribution is 2.16. The van der Waals surface area contributed by atoms with Gasteiger partial charge in [0.2, 0.25) is 0 Å². The highest BCUT2D eigenvalue weighted by molar-refractivity contribution is 5.93. The van der Waals surface area contributed by atoms with Gasteiger partial charge in [-0.1, -0.05) is 6.07 Å². The van der Waals surface area contributed by atoms with Gasteiger partial charge in [0.05, 0.1) is 18.4 Å². The zero-order valence-corrected chi connectivity index (χ0v) is 12.1. The van der Waals surface area contributed by atoms with Crippen LogP contribution in [0.15, 0.2) is 41.2 Å². The van der Waals surface area contributed by atoms with Crippen LogP contribution in [0.25, 0.3) is 0 Å². The van der Waals surface area contributed by atoms with Gasteiger partial charge in [0.15, 0.2) is 0 Å². The molecular weight excluding hydrogens is 254 g/mol. The van der Waals surface area contributed by atoms with Gasteiger partial charge in [0, 0.05) is 7.05 Å². The molecule has 0 saturated heterocycles. The van der Waals surface area contributed by atoms with Crippen LogP contribution < -0.4 is 4.74 Å². The van der Waals surface area contributed by atoms with Crippen LogP contribution in [0.1, 0.15) is 21.5 Å². The molecule has 106 valence electrons. The number of carbonyl (C=O) groups excluding carboxylic acids is 1. The van der Waals surface area contributed by atoms with Gasteiger partial charge >= 0.3 is 0 Å². The fourth-order valence-corrected chi connectivity index (χ4v) is 2.02. The molecule has 0 atom stereocenters. The molecule has 0 saturated carbocycles. The summed E-state index contributed by atoms with van der Waals surface area (Å²) in [6, 6.07) is 7.74. The van der Waals surface area contributed by atoms with Crippen molar-refractivity contribution in [2.75, 3.05) is 20.2 Å². The van der Waals surface area contributed by atoms with E-state index in [0.717, 1.165) is 5.75 Å². The first-order valence-corrected chi connectivity index (χ1v) is 6.55. The third kappa shape index (κ3) is 3.63. The van der Waals surface area contributed by atoms with E-state index in [1.54, 1.807) is 18.0 Å². The molecule has 0 bridgehead atoms. The van der Waals surface area contributed by atoms with Crippen molar-refractivity contribution in [1.29, 1.82) is 0 Å². The van der Waals surface area contributed by atoms with Gasteiger partial charge in [-0.25, -0.2) is 0 Å². The van der Waals surface area contributed by atoms with Gasteiger partial charge in [-0.3, -0.25) is 4.79 Å². The van der Waals surface area contributed by atoms with E-state index < -0.39 is 0 Å². The first-order chi connectivity index (χ1) is 9.56. The second-order valence-corrected chi connectivity index (χ2v) is 4.91. The van der Waals surface area contributed by atoms with Crippen LogP contribution in [-0.2, 0) is 0 Å².